The Labute approximate surface area is 281 Å². The average molecular weight is 677 g/mol. The Morgan fingerprint density at radius 3 is 2.43 bits per heavy atom. The number of aliphatic hydroxyl groups excluding tert-OH is 1. The van der Waals surface area contributed by atoms with Crippen LogP contribution >= 0.6 is 11.6 Å². The van der Waals surface area contributed by atoms with Crippen molar-refractivity contribution in [3.05, 3.63) is 88.9 Å². The number of hydrogen-bond acceptors (Lipinski definition) is 6. The predicted octanol–water partition coefficient (Wildman–Crippen LogP) is 5.98. The van der Waals surface area contributed by atoms with Crippen molar-refractivity contribution in [1.82, 2.24) is 5.32 Å². The molecule has 4 aliphatic rings. The van der Waals surface area contributed by atoms with E-state index in [4.69, 9.17) is 16.3 Å². The Balaban J connectivity index is 1.22. The summed E-state index contributed by atoms with van der Waals surface area (Å²) in [4.78, 5) is 34.7. The van der Waals surface area contributed by atoms with Crippen molar-refractivity contribution in [2.45, 2.75) is 68.6 Å². The van der Waals surface area contributed by atoms with Gasteiger partial charge in [-0.1, -0.05) is 48.9 Å². The van der Waals surface area contributed by atoms with Gasteiger partial charge in [0.15, 0.2) is 5.60 Å². The second-order valence-electron chi connectivity index (χ2n) is 13.9. The first-order chi connectivity index (χ1) is 22.5. The summed E-state index contributed by atoms with van der Waals surface area (Å²) >= 11 is 6.50. The minimum absolute atomic E-state index is 0.0864. The highest BCUT2D eigenvalue weighted by atomic mass is 35.5. The molecule has 47 heavy (non-hydrogen) atoms. The van der Waals surface area contributed by atoms with Gasteiger partial charge in [-0.25, -0.2) is 0 Å². The van der Waals surface area contributed by atoms with Crippen LogP contribution in [0.1, 0.15) is 37.3 Å². The SMILES string of the molecule is C[C@@H]1[C@@H]([Si](C)(C)F)[C@H](CCO)O[C@@]12C(=O)N(Cc1cccc(N3CN(c4ccccc4)C4(CCNCC4)C3=O)c1)c1ccc(Cl)cc12. The number of piperidine rings is 1. The Hall–Kier alpha value is -3.28. The molecule has 3 fully saturated rings. The standard InChI is InChI=1S/C36H42ClFN4O4Si/c1-24-32(47(2,3)38)31(14-19-43)46-36(24)29-21-26(37)12-13-30(29)40(34(36)45)22-25-8-7-11-28(20-25)41-23-42(27-9-5-4-6-10-27)35(33(41)44)15-17-39-18-16-35/h4-13,20-21,24,31-32,39,43H,14-19,22-23H2,1-3H3/t24-,31+,32-,36+/m1/s1. The van der Waals surface area contributed by atoms with E-state index in [0.717, 1.165) is 42.9 Å². The van der Waals surface area contributed by atoms with Gasteiger partial charge in [0.2, 0.25) is 8.41 Å². The number of carbonyl (C=O) groups is 2. The highest BCUT2D eigenvalue weighted by Gasteiger charge is 2.66. The van der Waals surface area contributed by atoms with E-state index >= 15 is 4.11 Å². The topological polar surface area (TPSA) is 85.3 Å². The van der Waals surface area contributed by atoms with E-state index in [1.54, 1.807) is 30.1 Å². The Kier molecular flexibility index (Phi) is 8.24. The van der Waals surface area contributed by atoms with Gasteiger partial charge in [-0.3, -0.25) is 14.5 Å². The zero-order chi connectivity index (χ0) is 33.1. The lowest BCUT2D eigenvalue weighted by molar-refractivity contribution is -0.146. The molecule has 248 valence electrons. The van der Waals surface area contributed by atoms with Crippen molar-refractivity contribution in [3.8, 4) is 0 Å². The number of nitrogens with one attached hydrogen (secondary N) is 1. The van der Waals surface area contributed by atoms with Crippen LogP contribution in [0.4, 0.5) is 21.2 Å². The maximum atomic E-state index is 15.9. The van der Waals surface area contributed by atoms with Crippen LogP contribution in [0.2, 0.25) is 23.7 Å². The molecule has 0 radical (unpaired) electrons. The summed E-state index contributed by atoms with van der Waals surface area (Å²) in [6.45, 7) is 7.25. The van der Waals surface area contributed by atoms with Crippen molar-refractivity contribution >= 4 is 48.9 Å². The quantitative estimate of drug-likeness (QED) is 0.237. The van der Waals surface area contributed by atoms with E-state index < -0.39 is 37.1 Å². The fourth-order valence-electron chi connectivity index (χ4n) is 8.75. The summed E-state index contributed by atoms with van der Waals surface area (Å²) in [7, 11) is -3.30. The van der Waals surface area contributed by atoms with E-state index in [1.165, 1.54) is 0 Å². The van der Waals surface area contributed by atoms with Gasteiger partial charge in [0.25, 0.3) is 11.8 Å². The van der Waals surface area contributed by atoms with Gasteiger partial charge in [0.05, 0.1) is 25.0 Å². The van der Waals surface area contributed by atoms with Crippen LogP contribution in [0.3, 0.4) is 0 Å². The van der Waals surface area contributed by atoms with Gasteiger partial charge in [0.1, 0.15) is 5.54 Å². The van der Waals surface area contributed by atoms with E-state index in [2.05, 4.69) is 22.3 Å². The second-order valence-corrected chi connectivity index (χ2v) is 18.2. The molecule has 11 heteroatoms. The number of carbonyl (C=O) groups excluding carboxylic acids is 2. The molecule has 0 bridgehead atoms. The highest BCUT2D eigenvalue weighted by Crippen LogP contribution is 2.60. The highest BCUT2D eigenvalue weighted by molar-refractivity contribution is 6.72. The van der Waals surface area contributed by atoms with E-state index in [0.29, 0.717) is 22.9 Å². The fraction of sp³-hybridized carbons (Fsp3) is 0.444. The zero-order valence-electron chi connectivity index (χ0n) is 27.1. The van der Waals surface area contributed by atoms with E-state index in [-0.39, 0.29) is 31.4 Å². The first-order valence-electron chi connectivity index (χ1n) is 16.6. The predicted molar refractivity (Wildman–Crippen MR) is 185 cm³/mol. The summed E-state index contributed by atoms with van der Waals surface area (Å²) < 4.78 is 22.5. The van der Waals surface area contributed by atoms with Gasteiger partial charge in [-0.2, -0.15) is 0 Å². The van der Waals surface area contributed by atoms with Crippen LogP contribution in [-0.4, -0.2) is 63.3 Å². The van der Waals surface area contributed by atoms with Crippen molar-refractivity contribution < 1.29 is 23.5 Å². The number of ether oxygens (including phenoxy) is 1. The smallest absolute Gasteiger partial charge is 0.264 e. The van der Waals surface area contributed by atoms with Gasteiger partial charge < -0.3 is 29.1 Å². The average Bonchev–Trinajstić information content (AvgIpc) is 3.59. The molecule has 4 heterocycles. The lowest BCUT2D eigenvalue weighted by Crippen LogP contribution is -2.55. The van der Waals surface area contributed by atoms with Crippen LogP contribution in [0.15, 0.2) is 72.8 Å². The number of benzene rings is 3. The maximum absolute atomic E-state index is 15.9. The number of anilines is 3. The molecule has 2 spiro atoms. The molecule has 2 amide bonds. The molecule has 3 aromatic carbocycles. The van der Waals surface area contributed by atoms with Crippen molar-refractivity contribution in [3.63, 3.8) is 0 Å². The molecule has 2 N–H and O–H groups in total. The maximum Gasteiger partial charge on any atom is 0.264 e. The molecule has 0 aromatic heterocycles. The van der Waals surface area contributed by atoms with Gasteiger partial charge in [-0.05, 0) is 93.5 Å². The molecule has 4 atom stereocenters. The molecular weight excluding hydrogens is 635 g/mol. The molecule has 3 aromatic rings. The molecule has 4 aliphatic heterocycles. The van der Waals surface area contributed by atoms with Crippen molar-refractivity contribution in [2.24, 2.45) is 5.92 Å². The van der Waals surface area contributed by atoms with Crippen LogP contribution in [0.5, 0.6) is 0 Å². The molecule has 0 saturated carbocycles. The molecular formula is C36H42ClFN4O4Si. The van der Waals surface area contributed by atoms with Crippen LogP contribution in [0.25, 0.3) is 0 Å². The Bertz CT molecular complexity index is 1680. The van der Waals surface area contributed by atoms with Crippen molar-refractivity contribution in [2.75, 3.05) is 41.1 Å². The van der Waals surface area contributed by atoms with Crippen molar-refractivity contribution in [1.29, 1.82) is 0 Å². The molecule has 8 nitrogen and oxygen atoms in total. The molecule has 0 aliphatic carbocycles. The summed E-state index contributed by atoms with van der Waals surface area (Å²) in [5.74, 6) is -0.625. The first kappa shape index (κ1) is 32.3. The van der Waals surface area contributed by atoms with Crippen LogP contribution in [0, 0.1) is 5.92 Å². The molecule has 3 saturated heterocycles. The number of para-hydroxylation sites is 1. The Morgan fingerprint density at radius 2 is 1.72 bits per heavy atom. The van der Waals surface area contributed by atoms with Crippen LogP contribution in [-0.2, 0) is 26.5 Å². The number of nitrogens with zero attached hydrogens (tertiary/aromatic N) is 3. The van der Waals surface area contributed by atoms with Gasteiger partial charge in [0, 0.05) is 40.0 Å². The third-order valence-corrected chi connectivity index (χ3v) is 13.5. The summed E-state index contributed by atoms with van der Waals surface area (Å²) in [5.41, 5.74) is 1.47. The number of rotatable bonds is 7. The number of amides is 2. The largest absolute Gasteiger partial charge is 0.396 e. The Morgan fingerprint density at radius 1 is 1.00 bits per heavy atom. The van der Waals surface area contributed by atoms with Gasteiger partial charge >= 0.3 is 0 Å². The van der Waals surface area contributed by atoms with E-state index in [9.17, 15) is 14.7 Å². The number of halogens is 2. The normalized spacial score (nSPS) is 27.0. The van der Waals surface area contributed by atoms with E-state index in [1.807, 2.05) is 60.4 Å². The number of hydrogen-bond donors (Lipinski definition) is 2. The molecule has 0 unspecified atom stereocenters. The first-order valence-corrected chi connectivity index (χ1v) is 19.9. The lowest BCUT2D eigenvalue weighted by atomic mass is 9.82. The fourth-order valence-corrected chi connectivity index (χ4v) is 11.5. The third-order valence-electron chi connectivity index (χ3n) is 10.8. The summed E-state index contributed by atoms with van der Waals surface area (Å²) in [5, 5.41) is 13.7. The van der Waals surface area contributed by atoms with Crippen LogP contribution < -0.4 is 20.0 Å². The minimum Gasteiger partial charge on any atom is -0.396 e. The lowest BCUT2D eigenvalue weighted by Gasteiger charge is -2.39. The second kappa shape index (κ2) is 12.0. The monoisotopic (exact) mass is 676 g/mol. The number of fused-ring (bicyclic) bond motifs is 2. The third kappa shape index (κ3) is 5.11. The zero-order valence-corrected chi connectivity index (χ0v) is 28.8. The summed E-state index contributed by atoms with van der Waals surface area (Å²) in [6, 6.07) is 23.3. The van der Waals surface area contributed by atoms with Gasteiger partial charge in [-0.15, -0.1) is 0 Å². The minimum atomic E-state index is -3.30. The molecule has 7 rings (SSSR count). The number of aliphatic hydroxyl groups is 1. The summed E-state index contributed by atoms with van der Waals surface area (Å²) in [6.07, 6.45) is 1.10.